The lowest BCUT2D eigenvalue weighted by Crippen LogP contribution is -2.44. The molecule has 0 spiro atoms. The molecule has 1 fully saturated rings. The molecule has 0 radical (unpaired) electrons. The van der Waals surface area contributed by atoms with Crippen molar-refractivity contribution < 1.29 is 14.0 Å². The number of nitrogens with one attached hydrogen (secondary N) is 1. The first-order chi connectivity index (χ1) is 10.8. The third-order valence-corrected chi connectivity index (χ3v) is 4.35. The molecule has 1 aromatic heterocycles. The molecule has 1 N–H and O–H groups in total. The zero-order valence-corrected chi connectivity index (χ0v) is 13.2. The second-order valence-electron chi connectivity index (χ2n) is 6.17. The van der Waals surface area contributed by atoms with Crippen molar-refractivity contribution in [3.8, 4) is 0 Å². The molecule has 3 rings (SSSR count). The zero-order chi connectivity index (χ0) is 16.9. The van der Waals surface area contributed by atoms with Crippen molar-refractivity contribution in [2.24, 2.45) is 7.05 Å². The van der Waals surface area contributed by atoms with Gasteiger partial charge in [-0.25, -0.2) is 9.18 Å². The molecule has 7 heteroatoms. The van der Waals surface area contributed by atoms with Crippen molar-refractivity contribution in [2.75, 3.05) is 0 Å². The van der Waals surface area contributed by atoms with Gasteiger partial charge in [-0.1, -0.05) is 19.9 Å². The molecule has 1 saturated heterocycles. The summed E-state index contributed by atoms with van der Waals surface area (Å²) >= 11 is 0. The summed E-state index contributed by atoms with van der Waals surface area (Å²) < 4.78 is 17.0. The number of benzene rings is 1. The van der Waals surface area contributed by atoms with Gasteiger partial charge in [0.25, 0.3) is 0 Å². The van der Waals surface area contributed by atoms with Crippen molar-refractivity contribution in [3.63, 3.8) is 0 Å². The van der Waals surface area contributed by atoms with Crippen LogP contribution in [0, 0.1) is 5.82 Å². The minimum Gasteiger partial charge on any atom is -0.295 e. The highest BCUT2D eigenvalue weighted by Gasteiger charge is 2.32. The summed E-state index contributed by atoms with van der Waals surface area (Å²) in [6.07, 6.45) is 0.319. The predicted molar refractivity (Wildman–Crippen MR) is 82.6 cm³/mol. The van der Waals surface area contributed by atoms with Gasteiger partial charge in [0.05, 0.1) is 5.52 Å². The van der Waals surface area contributed by atoms with Gasteiger partial charge < -0.3 is 0 Å². The Labute approximate surface area is 131 Å². The van der Waals surface area contributed by atoms with Crippen molar-refractivity contribution in [2.45, 2.75) is 38.6 Å². The third-order valence-electron chi connectivity index (χ3n) is 4.35. The Balaban J connectivity index is 2.32. The SMILES string of the molecule is CC(C)c1ccc(F)c2c1n(C)c(=O)n2[C@@H]1CCC(=O)NC1=O. The summed E-state index contributed by atoms with van der Waals surface area (Å²) in [7, 11) is 1.57. The topological polar surface area (TPSA) is 73.1 Å². The molecule has 2 aromatic rings. The highest BCUT2D eigenvalue weighted by atomic mass is 19.1. The van der Waals surface area contributed by atoms with Gasteiger partial charge in [-0.15, -0.1) is 0 Å². The van der Waals surface area contributed by atoms with E-state index in [1.807, 2.05) is 13.8 Å². The molecule has 1 aliphatic rings. The highest BCUT2D eigenvalue weighted by molar-refractivity contribution is 6.00. The maximum Gasteiger partial charge on any atom is 0.329 e. The van der Waals surface area contributed by atoms with Gasteiger partial charge in [-0.2, -0.15) is 0 Å². The summed E-state index contributed by atoms with van der Waals surface area (Å²) in [6.45, 7) is 3.92. The molecular formula is C16H18FN3O3. The van der Waals surface area contributed by atoms with Crippen LogP contribution in [0.3, 0.4) is 0 Å². The van der Waals surface area contributed by atoms with Gasteiger partial charge in [-0.05, 0) is 24.0 Å². The Kier molecular flexibility index (Phi) is 3.58. The van der Waals surface area contributed by atoms with E-state index in [1.165, 1.54) is 15.2 Å². The highest BCUT2D eigenvalue weighted by Crippen LogP contribution is 2.30. The standard InChI is InChI=1S/C16H18FN3O3/c1-8(2)9-4-5-10(17)14-13(9)19(3)16(23)20(14)11-6-7-12(21)18-15(11)22/h4-5,8,11H,6-7H2,1-3H3,(H,18,21,22)/t11-/m1/s1. The number of hydrogen-bond acceptors (Lipinski definition) is 3. The number of carbonyl (C=O) groups excluding carboxylic acids is 2. The summed E-state index contributed by atoms with van der Waals surface area (Å²) in [4.78, 5) is 36.1. The number of aromatic nitrogens is 2. The molecule has 1 atom stereocenters. The monoisotopic (exact) mass is 319 g/mol. The first-order valence-corrected chi connectivity index (χ1v) is 7.56. The average molecular weight is 319 g/mol. The van der Waals surface area contributed by atoms with E-state index in [2.05, 4.69) is 5.32 Å². The molecule has 0 bridgehead atoms. The van der Waals surface area contributed by atoms with E-state index in [0.717, 1.165) is 5.56 Å². The molecule has 122 valence electrons. The Bertz CT molecular complexity index is 879. The van der Waals surface area contributed by atoms with Gasteiger partial charge in [0.1, 0.15) is 17.4 Å². The van der Waals surface area contributed by atoms with E-state index in [9.17, 15) is 18.8 Å². The number of halogens is 1. The molecule has 0 aliphatic carbocycles. The summed E-state index contributed by atoms with van der Waals surface area (Å²) in [5.74, 6) is -1.39. The fraction of sp³-hybridized carbons (Fsp3) is 0.438. The Hall–Kier alpha value is -2.44. The number of imidazole rings is 1. The van der Waals surface area contributed by atoms with E-state index >= 15 is 0 Å². The molecule has 1 aliphatic heterocycles. The van der Waals surface area contributed by atoms with Crippen molar-refractivity contribution in [1.29, 1.82) is 0 Å². The van der Waals surface area contributed by atoms with E-state index in [-0.39, 0.29) is 30.2 Å². The van der Waals surface area contributed by atoms with Crippen LogP contribution < -0.4 is 11.0 Å². The second-order valence-corrected chi connectivity index (χ2v) is 6.17. The van der Waals surface area contributed by atoms with Gasteiger partial charge in [0.15, 0.2) is 0 Å². The number of carbonyl (C=O) groups is 2. The Morgan fingerprint density at radius 2 is 1.91 bits per heavy atom. The van der Waals surface area contributed by atoms with Crippen molar-refractivity contribution >= 4 is 22.8 Å². The molecule has 0 unspecified atom stereocenters. The number of piperidine rings is 1. The van der Waals surface area contributed by atoms with Gasteiger partial charge in [0, 0.05) is 13.5 Å². The molecule has 6 nitrogen and oxygen atoms in total. The van der Waals surface area contributed by atoms with Crippen LogP contribution in [-0.4, -0.2) is 20.9 Å². The van der Waals surface area contributed by atoms with Crippen LogP contribution in [-0.2, 0) is 16.6 Å². The normalized spacial score (nSPS) is 18.7. The molecule has 1 aromatic carbocycles. The Morgan fingerprint density at radius 3 is 2.52 bits per heavy atom. The molecule has 2 heterocycles. The maximum absolute atomic E-state index is 14.5. The van der Waals surface area contributed by atoms with Crippen LogP contribution in [0.2, 0.25) is 0 Å². The lowest BCUT2D eigenvalue weighted by atomic mass is 10.0. The van der Waals surface area contributed by atoms with Crippen LogP contribution in [0.5, 0.6) is 0 Å². The number of amides is 2. The maximum atomic E-state index is 14.5. The minimum atomic E-state index is -0.874. The van der Waals surface area contributed by atoms with E-state index in [4.69, 9.17) is 0 Å². The first kappa shape index (κ1) is 15.5. The van der Waals surface area contributed by atoms with E-state index in [0.29, 0.717) is 5.52 Å². The van der Waals surface area contributed by atoms with Crippen LogP contribution in [0.1, 0.15) is 44.2 Å². The smallest absolute Gasteiger partial charge is 0.295 e. The molecule has 23 heavy (non-hydrogen) atoms. The number of hydrogen-bond donors (Lipinski definition) is 1. The number of aryl methyl sites for hydroxylation is 1. The van der Waals surface area contributed by atoms with Gasteiger partial charge in [0.2, 0.25) is 11.8 Å². The van der Waals surface area contributed by atoms with Gasteiger partial charge in [-0.3, -0.25) is 24.0 Å². The molecule has 2 amide bonds. The number of fused-ring (bicyclic) bond motifs is 1. The van der Waals surface area contributed by atoms with E-state index < -0.39 is 23.5 Å². The van der Waals surface area contributed by atoms with E-state index in [1.54, 1.807) is 13.1 Å². The van der Waals surface area contributed by atoms with Gasteiger partial charge >= 0.3 is 5.69 Å². The minimum absolute atomic E-state index is 0.0984. The largest absolute Gasteiger partial charge is 0.329 e. The van der Waals surface area contributed by atoms with Crippen LogP contribution in [0.15, 0.2) is 16.9 Å². The quantitative estimate of drug-likeness (QED) is 0.854. The lowest BCUT2D eigenvalue weighted by molar-refractivity contribution is -0.135. The lowest BCUT2D eigenvalue weighted by Gasteiger charge is -2.22. The van der Waals surface area contributed by atoms with Crippen LogP contribution in [0.25, 0.3) is 11.0 Å². The van der Waals surface area contributed by atoms with Crippen LogP contribution >= 0.6 is 0 Å². The van der Waals surface area contributed by atoms with Crippen molar-refractivity contribution in [3.05, 3.63) is 34.0 Å². The van der Waals surface area contributed by atoms with Crippen molar-refractivity contribution in [1.82, 2.24) is 14.5 Å². The first-order valence-electron chi connectivity index (χ1n) is 7.56. The number of imide groups is 1. The molecule has 0 saturated carbocycles. The predicted octanol–water partition coefficient (Wildman–Crippen LogP) is 1.58. The Morgan fingerprint density at radius 1 is 1.22 bits per heavy atom. The van der Waals surface area contributed by atoms with Crippen LogP contribution in [0.4, 0.5) is 4.39 Å². The summed E-state index contributed by atoms with van der Waals surface area (Å²) in [6, 6.07) is 2.11. The second kappa shape index (κ2) is 5.33. The zero-order valence-electron chi connectivity index (χ0n) is 13.2. The number of nitrogens with zero attached hydrogens (tertiary/aromatic N) is 2. The summed E-state index contributed by atoms with van der Waals surface area (Å²) in [5, 5.41) is 2.22. The molecular weight excluding hydrogens is 301 g/mol. The fourth-order valence-corrected chi connectivity index (χ4v) is 3.19. The fourth-order valence-electron chi connectivity index (χ4n) is 3.19. The summed E-state index contributed by atoms with van der Waals surface area (Å²) in [5.41, 5.74) is 1.00. The number of rotatable bonds is 2. The average Bonchev–Trinajstić information content (AvgIpc) is 2.73. The third kappa shape index (κ3) is 2.27.